The lowest BCUT2D eigenvalue weighted by molar-refractivity contribution is 0.415. The zero-order chi connectivity index (χ0) is 10.1. The standard InChI is InChI=1S/C10H8ClNO2/c1-14-6-2-3-9-7(4-6)10(13)8(11)5-12-9/h2-5H,1H3,(H,12,13). The van der Waals surface area contributed by atoms with E-state index in [0.717, 1.165) is 5.52 Å². The van der Waals surface area contributed by atoms with Crippen molar-refractivity contribution >= 4 is 22.5 Å². The van der Waals surface area contributed by atoms with Gasteiger partial charge in [-0.2, -0.15) is 0 Å². The summed E-state index contributed by atoms with van der Waals surface area (Å²) in [4.78, 5) is 14.5. The Balaban J connectivity index is 2.85. The van der Waals surface area contributed by atoms with Crippen LogP contribution in [0, 0.1) is 0 Å². The van der Waals surface area contributed by atoms with E-state index in [1.54, 1.807) is 25.3 Å². The molecule has 0 fully saturated rings. The summed E-state index contributed by atoms with van der Waals surface area (Å²) in [6.07, 6.45) is 1.48. The van der Waals surface area contributed by atoms with Gasteiger partial charge in [-0.15, -0.1) is 0 Å². The van der Waals surface area contributed by atoms with Gasteiger partial charge in [-0.25, -0.2) is 0 Å². The van der Waals surface area contributed by atoms with Crippen molar-refractivity contribution in [1.82, 2.24) is 4.98 Å². The molecule has 2 aromatic rings. The van der Waals surface area contributed by atoms with Crippen molar-refractivity contribution in [3.63, 3.8) is 0 Å². The van der Waals surface area contributed by atoms with Crippen molar-refractivity contribution in [3.05, 3.63) is 39.6 Å². The Kier molecular flexibility index (Phi) is 2.17. The van der Waals surface area contributed by atoms with Gasteiger partial charge < -0.3 is 9.72 Å². The quantitative estimate of drug-likeness (QED) is 0.782. The predicted octanol–water partition coefficient (Wildman–Crippen LogP) is 2.19. The van der Waals surface area contributed by atoms with Crippen LogP contribution in [-0.4, -0.2) is 12.1 Å². The summed E-state index contributed by atoms with van der Waals surface area (Å²) in [7, 11) is 1.56. The van der Waals surface area contributed by atoms with Crippen LogP contribution >= 0.6 is 11.6 Å². The molecule has 72 valence electrons. The molecule has 0 atom stereocenters. The molecule has 14 heavy (non-hydrogen) atoms. The highest BCUT2D eigenvalue weighted by Crippen LogP contribution is 2.17. The minimum Gasteiger partial charge on any atom is -0.497 e. The smallest absolute Gasteiger partial charge is 0.208 e. The number of aromatic amines is 1. The summed E-state index contributed by atoms with van der Waals surface area (Å²) >= 11 is 5.70. The molecule has 0 amide bonds. The predicted molar refractivity (Wildman–Crippen MR) is 56.1 cm³/mol. The molecule has 4 heteroatoms. The van der Waals surface area contributed by atoms with Crippen LogP contribution in [0.25, 0.3) is 10.9 Å². The Hall–Kier alpha value is -1.48. The van der Waals surface area contributed by atoms with E-state index in [2.05, 4.69) is 4.98 Å². The number of hydrogen-bond acceptors (Lipinski definition) is 2. The van der Waals surface area contributed by atoms with Gasteiger partial charge in [0.2, 0.25) is 5.43 Å². The van der Waals surface area contributed by atoms with Gasteiger partial charge in [-0.1, -0.05) is 11.6 Å². The first kappa shape index (κ1) is 9.09. The van der Waals surface area contributed by atoms with Gasteiger partial charge in [-0.3, -0.25) is 4.79 Å². The second-order valence-electron chi connectivity index (χ2n) is 2.88. The summed E-state index contributed by atoms with van der Waals surface area (Å²) in [5, 5.41) is 0.725. The molecule has 0 aliphatic rings. The number of ether oxygens (including phenoxy) is 1. The van der Waals surface area contributed by atoms with E-state index in [1.807, 2.05) is 0 Å². The summed E-state index contributed by atoms with van der Waals surface area (Å²) in [6, 6.07) is 5.23. The van der Waals surface area contributed by atoms with E-state index in [9.17, 15) is 4.79 Å². The number of benzene rings is 1. The number of halogens is 1. The summed E-state index contributed by atoms with van der Waals surface area (Å²) in [5.74, 6) is 0.644. The lowest BCUT2D eigenvalue weighted by Gasteiger charge is -2.01. The number of rotatable bonds is 1. The van der Waals surface area contributed by atoms with E-state index in [0.29, 0.717) is 11.1 Å². The fourth-order valence-corrected chi connectivity index (χ4v) is 1.46. The third-order valence-electron chi connectivity index (χ3n) is 2.04. The van der Waals surface area contributed by atoms with Gasteiger partial charge >= 0.3 is 0 Å². The van der Waals surface area contributed by atoms with Gasteiger partial charge in [0.25, 0.3) is 0 Å². The molecule has 0 radical (unpaired) electrons. The molecule has 0 aliphatic carbocycles. The molecule has 3 nitrogen and oxygen atoms in total. The third-order valence-corrected chi connectivity index (χ3v) is 2.32. The molecule has 0 saturated heterocycles. The summed E-state index contributed by atoms with van der Waals surface area (Å²) in [6.45, 7) is 0. The first-order valence-corrected chi connectivity index (χ1v) is 4.45. The number of methoxy groups -OCH3 is 1. The Morgan fingerprint density at radius 1 is 1.43 bits per heavy atom. The van der Waals surface area contributed by atoms with Crippen molar-refractivity contribution in [2.24, 2.45) is 0 Å². The van der Waals surface area contributed by atoms with Gasteiger partial charge in [0.15, 0.2) is 0 Å². The monoisotopic (exact) mass is 209 g/mol. The molecule has 0 bridgehead atoms. The van der Waals surface area contributed by atoms with Crippen molar-refractivity contribution in [3.8, 4) is 5.75 Å². The van der Waals surface area contributed by atoms with Crippen LogP contribution in [-0.2, 0) is 0 Å². The number of fused-ring (bicyclic) bond motifs is 1. The highest BCUT2D eigenvalue weighted by Gasteiger charge is 2.03. The maximum Gasteiger partial charge on any atom is 0.208 e. The van der Waals surface area contributed by atoms with Crippen LogP contribution in [0.2, 0.25) is 5.02 Å². The number of H-pyrrole nitrogens is 1. The SMILES string of the molecule is COc1ccc2[nH]cc(Cl)c(=O)c2c1. The molecular formula is C10H8ClNO2. The molecule has 2 rings (SSSR count). The van der Waals surface area contributed by atoms with Crippen LogP contribution in [0.4, 0.5) is 0 Å². The van der Waals surface area contributed by atoms with Crippen molar-refractivity contribution in [1.29, 1.82) is 0 Å². The van der Waals surface area contributed by atoms with Crippen LogP contribution in [0.5, 0.6) is 5.75 Å². The number of pyridine rings is 1. The van der Waals surface area contributed by atoms with E-state index in [-0.39, 0.29) is 10.5 Å². The van der Waals surface area contributed by atoms with Crippen molar-refractivity contribution < 1.29 is 4.74 Å². The van der Waals surface area contributed by atoms with Gasteiger partial charge in [0.1, 0.15) is 10.8 Å². The number of aromatic nitrogens is 1. The first-order chi connectivity index (χ1) is 6.72. The third kappa shape index (κ3) is 1.36. The summed E-state index contributed by atoms with van der Waals surface area (Å²) in [5.41, 5.74) is 0.569. The molecule has 0 unspecified atom stereocenters. The molecule has 1 N–H and O–H groups in total. The largest absolute Gasteiger partial charge is 0.497 e. The first-order valence-electron chi connectivity index (χ1n) is 4.07. The Bertz CT molecular complexity index is 533. The average molecular weight is 210 g/mol. The van der Waals surface area contributed by atoms with Crippen LogP contribution in [0.1, 0.15) is 0 Å². The molecule has 0 saturated carbocycles. The van der Waals surface area contributed by atoms with E-state index >= 15 is 0 Å². The van der Waals surface area contributed by atoms with Crippen molar-refractivity contribution in [2.75, 3.05) is 7.11 Å². The highest BCUT2D eigenvalue weighted by atomic mass is 35.5. The molecule has 0 aliphatic heterocycles. The summed E-state index contributed by atoms with van der Waals surface area (Å²) < 4.78 is 5.02. The van der Waals surface area contributed by atoms with Crippen LogP contribution in [0.15, 0.2) is 29.2 Å². The maximum absolute atomic E-state index is 11.6. The fourth-order valence-electron chi connectivity index (χ4n) is 1.30. The zero-order valence-corrected chi connectivity index (χ0v) is 8.26. The Morgan fingerprint density at radius 2 is 2.21 bits per heavy atom. The van der Waals surface area contributed by atoms with Gasteiger partial charge in [-0.05, 0) is 18.2 Å². The normalized spacial score (nSPS) is 10.4. The fraction of sp³-hybridized carbons (Fsp3) is 0.100. The minimum atomic E-state index is -0.181. The van der Waals surface area contributed by atoms with Crippen LogP contribution in [0.3, 0.4) is 0 Å². The molecular weight excluding hydrogens is 202 g/mol. The van der Waals surface area contributed by atoms with Gasteiger partial charge in [0, 0.05) is 11.7 Å². The average Bonchev–Trinajstić information content (AvgIpc) is 2.23. The van der Waals surface area contributed by atoms with E-state index in [4.69, 9.17) is 16.3 Å². The second kappa shape index (κ2) is 3.35. The second-order valence-corrected chi connectivity index (χ2v) is 3.28. The lowest BCUT2D eigenvalue weighted by Crippen LogP contribution is -2.03. The lowest BCUT2D eigenvalue weighted by atomic mass is 10.2. The molecule has 1 aromatic carbocycles. The molecule has 0 spiro atoms. The van der Waals surface area contributed by atoms with Crippen LogP contribution < -0.4 is 10.2 Å². The number of nitrogens with one attached hydrogen (secondary N) is 1. The van der Waals surface area contributed by atoms with Crippen molar-refractivity contribution in [2.45, 2.75) is 0 Å². The highest BCUT2D eigenvalue weighted by molar-refractivity contribution is 6.31. The van der Waals surface area contributed by atoms with E-state index < -0.39 is 0 Å². The topological polar surface area (TPSA) is 42.1 Å². The Labute approximate surface area is 85.3 Å². The molecule has 1 heterocycles. The number of hydrogen-bond donors (Lipinski definition) is 1. The minimum absolute atomic E-state index is 0.181. The van der Waals surface area contributed by atoms with Gasteiger partial charge in [0.05, 0.1) is 12.5 Å². The Morgan fingerprint density at radius 3 is 2.93 bits per heavy atom. The van der Waals surface area contributed by atoms with E-state index in [1.165, 1.54) is 6.20 Å². The zero-order valence-electron chi connectivity index (χ0n) is 7.50. The molecule has 1 aromatic heterocycles. The maximum atomic E-state index is 11.6.